The maximum atomic E-state index is 10.6. The predicted molar refractivity (Wildman–Crippen MR) is 129 cm³/mol. The molecular weight excluding hydrogens is 558 g/mol. The Bertz CT molecular complexity index is 1070. The third kappa shape index (κ3) is 11.0. The lowest BCUT2D eigenvalue weighted by Crippen LogP contribution is -2.47. The van der Waals surface area contributed by atoms with E-state index in [1.165, 1.54) is 5.69 Å². The van der Waals surface area contributed by atoms with Crippen molar-refractivity contribution in [2.45, 2.75) is 45.3 Å². The third-order valence-corrected chi connectivity index (χ3v) is 6.49. The summed E-state index contributed by atoms with van der Waals surface area (Å²) < 4.78 is 69.7. The van der Waals surface area contributed by atoms with E-state index < -0.39 is 24.3 Å². The van der Waals surface area contributed by atoms with Crippen LogP contribution in [0.5, 0.6) is 0 Å². The molecule has 4 rings (SSSR count). The smallest absolute Gasteiger partial charge is 0.475 e. The van der Waals surface area contributed by atoms with E-state index in [4.69, 9.17) is 24.5 Å². The molecule has 9 nitrogen and oxygen atoms in total. The zero-order valence-electron chi connectivity index (χ0n) is 21.0. The number of rotatable bonds is 3. The van der Waals surface area contributed by atoms with Gasteiger partial charge in [-0.05, 0) is 32.4 Å². The Hall–Kier alpha value is -2.98. The molecule has 0 aromatic carbocycles. The number of halogens is 6. The molecule has 2 aliphatic heterocycles. The summed E-state index contributed by atoms with van der Waals surface area (Å²) in [5.41, 5.74) is 2.27. The Balaban J connectivity index is 0.000000317. The number of carboxylic acids is 2. The van der Waals surface area contributed by atoms with Crippen LogP contribution in [0.3, 0.4) is 0 Å². The lowest BCUT2D eigenvalue weighted by molar-refractivity contribution is -0.193. The first-order valence-electron chi connectivity index (χ1n) is 11.6. The molecule has 218 valence electrons. The molecule has 2 aliphatic rings. The van der Waals surface area contributed by atoms with Gasteiger partial charge in [0.1, 0.15) is 5.82 Å². The van der Waals surface area contributed by atoms with Crippen LogP contribution in [0.4, 0.5) is 32.2 Å². The summed E-state index contributed by atoms with van der Waals surface area (Å²) in [6.45, 7) is 9.98. The van der Waals surface area contributed by atoms with Crippen molar-refractivity contribution >= 4 is 29.1 Å². The number of aryl methyl sites for hydroxylation is 2. The van der Waals surface area contributed by atoms with Crippen molar-refractivity contribution in [1.29, 1.82) is 0 Å². The lowest BCUT2D eigenvalue weighted by atomic mass is 9.93. The topological polar surface area (TPSA) is 116 Å². The van der Waals surface area contributed by atoms with Gasteiger partial charge in [0.15, 0.2) is 0 Å². The average molecular weight is 587 g/mol. The van der Waals surface area contributed by atoms with Gasteiger partial charge >= 0.3 is 24.3 Å². The van der Waals surface area contributed by atoms with Crippen LogP contribution in [0.2, 0.25) is 0 Å². The zero-order valence-corrected chi connectivity index (χ0v) is 21.8. The molecule has 2 atom stereocenters. The van der Waals surface area contributed by atoms with Crippen LogP contribution in [0, 0.1) is 19.8 Å². The second-order valence-corrected chi connectivity index (χ2v) is 9.80. The summed E-state index contributed by atoms with van der Waals surface area (Å²) in [4.78, 5) is 32.0. The van der Waals surface area contributed by atoms with Crippen LogP contribution in [-0.4, -0.2) is 88.3 Å². The second-order valence-electron chi connectivity index (χ2n) is 8.74. The van der Waals surface area contributed by atoms with E-state index in [1.54, 1.807) is 11.3 Å². The molecule has 0 aliphatic carbocycles. The Morgan fingerprint density at radius 3 is 2.15 bits per heavy atom. The van der Waals surface area contributed by atoms with Crippen LogP contribution < -0.4 is 4.90 Å². The van der Waals surface area contributed by atoms with E-state index in [9.17, 15) is 26.3 Å². The van der Waals surface area contributed by atoms with Crippen LogP contribution in [-0.2, 0) is 20.9 Å². The first-order valence-corrected chi connectivity index (χ1v) is 12.5. The van der Waals surface area contributed by atoms with E-state index in [0.29, 0.717) is 12.0 Å². The van der Waals surface area contributed by atoms with Gasteiger partial charge < -0.3 is 19.8 Å². The van der Waals surface area contributed by atoms with Crippen molar-refractivity contribution in [3.05, 3.63) is 40.0 Å². The quantitative estimate of drug-likeness (QED) is 0.512. The first-order chi connectivity index (χ1) is 18.1. The number of aromatic nitrogens is 2. The van der Waals surface area contributed by atoms with Crippen LogP contribution in [0.1, 0.15) is 22.8 Å². The molecule has 16 heteroatoms. The molecule has 4 heterocycles. The molecule has 0 saturated carbocycles. The lowest BCUT2D eigenvalue weighted by Gasteiger charge is -2.38. The molecule has 2 aromatic heterocycles. The average Bonchev–Trinajstić information content (AvgIpc) is 3.12. The Morgan fingerprint density at radius 1 is 1.03 bits per heavy atom. The van der Waals surface area contributed by atoms with Gasteiger partial charge in [0.25, 0.3) is 0 Å². The molecule has 2 N–H and O–H groups in total. The SMILES string of the molecule is Cc1cccc(N2CC[C@@H]3CN(Cc4csc(C)n4)CCO[C@@H]3C2)n1.O=C(O)C(F)(F)F.O=C(O)C(F)(F)F. The second kappa shape index (κ2) is 13.9. The van der Waals surface area contributed by atoms with Gasteiger partial charge in [-0.1, -0.05) is 6.07 Å². The third-order valence-electron chi connectivity index (χ3n) is 5.66. The van der Waals surface area contributed by atoms with Gasteiger partial charge in [-0.25, -0.2) is 19.6 Å². The Labute approximate surface area is 224 Å². The summed E-state index contributed by atoms with van der Waals surface area (Å²) in [5.74, 6) is -3.83. The minimum atomic E-state index is -5.08. The number of aliphatic carboxylic acids is 2. The number of pyridine rings is 1. The molecule has 2 fully saturated rings. The maximum absolute atomic E-state index is 10.6. The summed E-state index contributed by atoms with van der Waals surface area (Å²) in [7, 11) is 0. The summed E-state index contributed by atoms with van der Waals surface area (Å²) >= 11 is 1.74. The maximum Gasteiger partial charge on any atom is 0.490 e. The van der Waals surface area contributed by atoms with Crippen molar-refractivity contribution in [3.63, 3.8) is 0 Å². The molecule has 0 amide bonds. The van der Waals surface area contributed by atoms with E-state index in [2.05, 4.69) is 57.2 Å². The van der Waals surface area contributed by atoms with Crippen molar-refractivity contribution in [2.24, 2.45) is 5.92 Å². The summed E-state index contributed by atoms with van der Waals surface area (Å²) in [5, 5.41) is 17.6. The molecule has 2 aromatic rings. The molecule has 39 heavy (non-hydrogen) atoms. The van der Waals surface area contributed by atoms with E-state index in [0.717, 1.165) is 62.3 Å². The standard InChI is InChI=1S/C19H26N4OS.2C2HF3O2/c1-14-4-3-5-19(20-14)23-7-6-16-10-22(8-9-24-18(16)12-23)11-17-13-25-15(2)21-17;2*3-2(4,5)1(6)7/h3-5,13,16,18H,6-12H2,1-2H3;2*(H,6,7)/t16-,18-;;/m1../s1. The van der Waals surface area contributed by atoms with Crippen LogP contribution >= 0.6 is 11.3 Å². The summed E-state index contributed by atoms with van der Waals surface area (Å²) in [6.07, 6.45) is -8.70. The highest BCUT2D eigenvalue weighted by Gasteiger charge is 2.39. The van der Waals surface area contributed by atoms with E-state index in [1.807, 2.05) is 0 Å². The van der Waals surface area contributed by atoms with Crippen LogP contribution in [0.15, 0.2) is 23.6 Å². The highest BCUT2D eigenvalue weighted by molar-refractivity contribution is 7.09. The Morgan fingerprint density at radius 2 is 1.64 bits per heavy atom. The number of piperidine rings is 1. The predicted octanol–water partition coefficient (Wildman–Crippen LogP) is 4.15. The fourth-order valence-electron chi connectivity index (χ4n) is 3.89. The molecule has 0 spiro atoms. The van der Waals surface area contributed by atoms with Gasteiger partial charge in [-0.2, -0.15) is 26.3 Å². The van der Waals surface area contributed by atoms with E-state index >= 15 is 0 Å². The fraction of sp³-hybridized carbons (Fsp3) is 0.565. The molecule has 0 bridgehead atoms. The molecular formula is C23H28F6N4O5S. The number of alkyl halides is 6. The number of nitrogens with zero attached hydrogens (tertiary/aromatic N) is 4. The highest BCUT2D eigenvalue weighted by atomic mass is 32.1. The van der Waals surface area contributed by atoms with Gasteiger partial charge in [-0.3, -0.25) is 4.90 Å². The number of carbonyl (C=O) groups is 2. The normalized spacial score (nSPS) is 19.9. The zero-order chi connectivity index (χ0) is 29.4. The largest absolute Gasteiger partial charge is 0.490 e. The fourth-order valence-corrected chi connectivity index (χ4v) is 4.49. The van der Waals surface area contributed by atoms with E-state index in [-0.39, 0.29) is 0 Å². The van der Waals surface area contributed by atoms with Gasteiger partial charge in [-0.15, -0.1) is 11.3 Å². The van der Waals surface area contributed by atoms with Crippen molar-refractivity contribution in [2.75, 3.05) is 37.7 Å². The van der Waals surface area contributed by atoms with Gasteiger partial charge in [0.2, 0.25) is 0 Å². The number of hydrogen-bond acceptors (Lipinski definition) is 8. The first kappa shape index (κ1) is 32.2. The minimum absolute atomic E-state index is 0.304. The Kier molecular flexibility index (Phi) is 11.5. The van der Waals surface area contributed by atoms with Crippen molar-refractivity contribution in [1.82, 2.24) is 14.9 Å². The summed E-state index contributed by atoms with van der Waals surface area (Å²) in [6, 6.07) is 6.26. The molecule has 0 unspecified atom stereocenters. The number of ether oxygens (including phenoxy) is 1. The molecule has 0 radical (unpaired) electrons. The number of carboxylic acid groups (broad SMARTS) is 2. The number of anilines is 1. The minimum Gasteiger partial charge on any atom is -0.475 e. The molecule has 2 saturated heterocycles. The van der Waals surface area contributed by atoms with Crippen molar-refractivity contribution in [3.8, 4) is 0 Å². The number of hydrogen-bond donors (Lipinski definition) is 2. The monoisotopic (exact) mass is 586 g/mol. The van der Waals surface area contributed by atoms with Gasteiger partial charge in [0.05, 0.1) is 23.4 Å². The van der Waals surface area contributed by atoms with Gasteiger partial charge in [0, 0.05) is 49.7 Å². The van der Waals surface area contributed by atoms with Crippen LogP contribution in [0.25, 0.3) is 0 Å². The number of fused-ring (bicyclic) bond motifs is 1. The van der Waals surface area contributed by atoms with Crippen molar-refractivity contribution < 1.29 is 50.9 Å². The highest BCUT2D eigenvalue weighted by Crippen LogP contribution is 2.27. The number of thiazole rings is 1.